The quantitative estimate of drug-likeness (QED) is 0.216. The van der Waals surface area contributed by atoms with E-state index in [1.165, 1.54) is 0 Å². The molecule has 3 saturated carbocycles. The van der Waals surface area contributed by atoms with Gasteiger partial charge in [-0.1, -0.05) is 62.4 Å². The molecule has 7 heteroatoms. The van der Waals surface area contributed by atoms with E-state index in [0.29, 0.717) is 19.4 Å². The van der Waals surface area contributed by atoms with Crippen LogP contribution in [0.5, 0.6) is 0 Å². The Kier molecular flexibility index (Phi) is 7.54. The van der Waals surface area contributed by atoms with Gasteiger partial charge in [0.1, 0.15) is 0 Å². The van der Waals surface area contributed by atoms with Crippen molar-refractivity contribution in [1.29, 1.82) is 0 Å². The molecule has 0 radical (unpaired) electrons. The first-order valence-electron chi connectivity index (χ1n) is 17.3. The van der Waals surface area contributed by atoms with Gasteiger partial charge in [0.2, 0.25) is 0 Å². The maximum atomic E-state index is 14.7. The van der Waals surface area contributed by atoms with E-state index in [-0.39, 0.29) is 53.2 Å². The van der Waals surface area contributed by atoms with Gasteiger partial charge in [-0.2, -0.15) is 0 Å². The van der Waals surface area contributed by atoms with E-state index < -0.39 is 16.4 Å². The zero-order valence-corrected chi connectivity index (χ0v) is 28.8. The molecule has 2 amide bonds. The molecule has 1 heterocycles. The summed E-state index contributed by atoms with van der Waals surface area (Å²) in [5.74, 6) is 0.396. The largest absolute Gasteiger partial charge is 0.393 e. The summed E-state index contributed by atoms with van der Waals surface area (Å²) in [7, 11) is 0. The zero-order chi connectivity index (χ0) is 32.7. The Balaban J connectivity index is 1.31. The average molecular weight is 643 g/mol. The van der Waals surface area contributed by atoms with Crippen LogP contribution in [0, 0.1) is 40.4 Å². The predicted molar refractivity (Wildman–Crippen MR) is 182 cm³/mol. The maximum Gasteiger partial charge on any atom is 0.317 e. The third-order valence-corrected chi connectivity index (χ3v) is 14.3. The third-order valence-electron chi connectivity index (χ3n) is 13.3. The number of nitrogens with zero attached hydrogens (tertiary/aromatic N) is 1. The van der Waals surface area contributed by atoms with Gasteiger partial charge in [0.25, 0.3) is 0 Å². The van der Waals surface area contributed by atoms with Crippen LogP contribution < -0.4 is 5.32 Å². The van der Waals surface area contributed by atoms with Gasteiger partial charge in [-0.15, -0.1) is 11.3 Å². The van der Waals surface area contributed by atoms with Crippen LogP contribution in [0.15, 0.2) is 66.3 Å². The van der Waals surface area contributed by atoms with Gasteiger partial charge in [0.05, 0.1) is 23.1 Å². The van der Waals surface area contributed by atoms with E-state index in [4.69, 9.17) is 0 Å². The van der Waals surface area contributed by atoms with Gasteiger partial charge in [0.15, 0.2) is 5.78 Å². The molecule has 1 aromatic carbocycles. The van der Waals surface area contributed by atoms with Crippen LogP contribution in [0.2, 0.25) is 0 Å². The summed E-state index contributed by atoms with van der Waals surface area (Å²) in [4.78, 5) is 32.0. The van der Waals surface area contributed by atoms with Gasteiger partial charge in [-0.25, -0.2) is 4.79 Å². The normalized spacial score (nSPS) is 39.0. The van der Waals surface area contributed by atoms with Crippen molar-refractivity contribution in [2.24, 2.45) is 33.5 Å². The van der Waals surface area contributed by atoms with Crippen molar-refractivity contribution in [2.75, 3.05) is 6.54 Å². The molecule has 2 aromatic rings. The highest BCUT2D eigenvalue weighted by atomic mass is 32.1. The number of rotatable bonds is 7. The summed E-state index contributed by atoms with van der Waals surface area (Å²) in [6.07, 6.45) is 12.1. The Morgan fingerprint density at radius 1 is 0.978 bits per heavy atom. The molecule has 6 nitrogen and oxygen atoms in total. The molecule has 0 saturated heterocycles. The highest BCUT2D eigenvalue weighted by Crippen LogP contribution is 2.78. The highest BCUT2D eigenvalue weighted by Gasteiger charge is 2.74. The second-order valence-electron chi connectivity index (χ2n) is 16.0. The second-order valence-corrected chi connectivity index (χ2v) is 17.3. The van der Waals surface area contributed by atoms with Crippen LogP contribution in [0.25, 0.3) is 0 Å². The lowest BCUT2D eigenvalue weighted by Crippen LogP contribution is -2.67. The molecule has 6 aliphatic rings. The smallest absolute Gasteiger partial charge is 0.317 e. The molecule has 8 rings (SSSR count). The number of carbonyl (C=O) groups excluding carboxylic acids is 2. The van der Waals surface area contributed by atoms with E-state index in [0.717, 1.165) is 53.0 Å². The summed E-state index contributed by atoms with van der Waals surface area (Å²) in [6, 6.07) is 13.8. The van der Waals surface area contributed by atoms with Gasteiger partial charge in [-0.05, 0) is 101 Å². The molecule has 1 aromatic heterocycles. The molecule has 8 atom stereocenters. The summed E-state index contributed by atoms with van der Waals surface area (Å²) in [6.45, 7) is 11.3. The van der Waals surface area contributed by atoms with Crippen molar-refractivity contribution in [3.05, 3.63) is 81.6 Å². The number of nitrogens with one attached hydrogen (secondary N) is 1. The number of allylic oxidation sites excluding steroid dienone is 4. The van der Waals surface area contributed by atoms with Gasteiger partial charge in [-0.3, -0.25) is 4.79 Å². The zero-order valence-electron chi connectivity index (χ0n) is 28.0. The number of ketones is 1. The van der Waals surface area contributed by atoms with Gasteiger partial charge < -0.3 is 20.4 Å². The average Bonchev–Trinajstić information content (AvgIpc) is 3.56. The molecule has 3 fully saturated rings. The van der Waals surface area contributed by atoms with Gasteiger partial charge in [0, 0.05) is 39.3 Å². The molecule has 2 bridgehead atoms. The number of hydrogen-bond donors (Lipinski definition) is 3. The third kappa shape index (κ3) is 4.47. The number of aliphatic hydroxyl groups is 2. The number of carbonyl (C=O) groups is 2. The van der Waals surface area contributed by atoms with Crippen LogP contribution in [0.4, 0.5) is 4.79 Å². The second kappa shape index (κ2) is 10.9. The Morgan fingerprint density at radius 2 is 1.67 bits per heavy atom. The van der Waals surface area contributed by atoms with Crippen LogP contribution in [0.3, 0.4) is 0 Å². The van der Waals surface area contributed by atoms with Gasteiger partial charge >= 0.3 is 6.03 Å². The molecule has 1 unspecified atom stereocenters. The summed E-state index contributed by atoms with van der Waals surface area (Å²) >= 11 is 1.56. The van der Waals surface area contributed by atoms with E-state index >= 15 is 0 Å². The number of benzene rings is 1. The van der Waals surface area contributed by atoms with E-state index in [2.05, 4.69) is 37.4 Å². The summed E-state index contributed by atoms with van der Waals surface area (Å²) < 4.78 is 0. The molecule has 2 spiro atoms. The molecule has 246 valence electrons. The van der Waals surface area contributed by atoms with E-state index in [1.807, 2.05) is 63.2 Å². The van der Waals surface area contributed by atoms with Crippen molar-refractivity contribution in [3.8, 4) is 0 Å². The summed E-state index contributed by atoms with van der Waals surface area (Å²) in [5, 5.41) is 26.9. The first-order valence-corrected chi connectivity index (χ1v) is 18.1. The Labute approximate surface area is 278 Å². The lowest BCUT2D eigenvalue weighted by Gasteiger charge is -2.71. The van der Waals surface area contributed by atoms with Crippen LogP contribution in [0.1, 0.15) is 92.8 Å². The van der Waals surface area contributed by atoms with Crippen LogP contribution >= 0.6 is 11.3 Å². The molecule has 3 N–H and O–H groups in total. The fourth-order valence-electron chi connectivity index (χ4n) is 10.9. The summed E-state index contributed by atoms with van der Waals surface area (Å²) in [5.41, 5.74) is -0.638. The first kappa shape index (κ1) is 31.8. The fourth-order valence-corrected chi connectivity index (χ4v) is 11.8. The molecular weight excluding hydrogens is 593 g/mol. The predicted octanol–water partition coefficient (Wildman–Crippen LogP) is 7.45. The molecular formula is C39H50N2O4S. The minimum absolute atomic E-state index is 0.0223. The van der Waals surface area contributed by atoms with E-state index in [1.54, 1.807) is 16.2 Å². The Hall–Kier alpha value is -2.74. The Morgan fingerprint density at radius 3 is 2.37 bits per heavy atom. The molecule has 46 heavy (non-hydrogen) atoms. The SMILES string of the molecule is Cc1ccc(C(=O)C2=C[C@@]34C=C[C@@]25[C@@H]2CC[C@@](O)(CN(Cc6ccccc6)C(=O)NC(C)C)[C@@]2(C)CC[C@@H]5[C@@]3(C)CCC(O)C4)s1. The minimum atomic E-state index is -1.11. The number of aryl methyl sites for hydroxylation is 1. The van der Waals surface area contributed by atoms with E-state index in [9.17, 15) is 19.8 Å². The van der Waals surface area contributed by atoms with Crippen LogP contribution in [-0.2, 0) is 6.54 Å². The highest BCUT2D eigenvalue weighted by molar-refractivity contribution is 7.14. The fraction of sp³-hybridized carbons (Fsp3) is 0.590. The van der Waals surface area contributed by atoms with Crippen molar-refractivity contribution < 1.29 is 19.8 Å². The number of amides is 2. The van der Waals surface area contributed by atoms with Crippen molar-refractivity contribution in [3.63, 3.8) is 0 Å². The van der Waals surface area contributed by atoms with Crippen molar-refractivity contribution >= 4 is 23.2 Å². The number of urea groups is 1. The van der Waals surface area contributed by atoms with Crippen molar-refractivity contribution in [1.82, 2.24) is 10.2 Å². The number of hydrogen-bond acceptors (Lipinski definition) is 5. The first-order chi connectivity index (χ1) is 21.8. The van der Waals surface area contributed by atoms with Crippen LogP contribution in [-0.4, -0.2) is 51.2 Å². The lowest BCUT2D eigenvalue weighted by molar-refractivity contribution is -0.174. The minimum Gasteiger partial charge on any atom is -0.393 e. The number of Topliss-reactive ketones (excluding diaryl/α,β-unsaturated/α-hetero) is 1. The maximum absolute atomic E-state index is 14.7. The number of aliphatic hydroxyl groups excluding tert-OH is 1. The number of thiophene rings is 1. The molecule has 0 aliphatic heterocycles. The Bertz CT molecular complexity index is 1600. The molecule has 6 aliphatic carbocycles. The standard InChI is InChI=1S/C39H50N2O4S/c1-25(2)40-34(44)41(23-27-9-7-6-8-10-27)24-38(45)18-15-32-36(38,5)17-14-31-35(4)16-13-28(42)21-37(35)19-20-39(31,32)29(22-37)33(43)30-12-11-26(3)46-30/h6-12,19-20,22,25,28,31-32,42,45H,13-18,21,23-24H2,1-5H3,(H,40,44)/t28?,31-,32-,35-,36+,37+,38-,39-/m1/s1. The topological polar surface area (TPSA) is 89.9 Å². The van der Waals surface area contributed by atoms with Crippen molar-refractivity contribution in [2.45, 2.75) is 104 Å². The lowest BCUT2D eigenvalue weighted by atomic mass is 9.32. The number of fused-ring (bicyclic) bond motifs is 1. The monoisotopic (exact) mass is 642 g/mol.